The molecule has 1 aromatic heterocycles. The third kappa shape index (κ3) is 4.76. The number of Topliss-reactive ketones (excluding diaryl/α,β-unsaturated/α-hetero) is 1. The summed E-state index contributed by atoms with van der Waals surface area (Å²) < 4.78 is 25.3. The summed E-state index contributed by atoms with van der Waals surface area (Å²) in [7, 11) is 0. The third-order valence-electron chi connectivity index (χ3n) is 4.41. The molecule has 0 fully saturated rings. The zero-order valence-corrected chi connectivity index (χ0v) is 17.7. The van der Waals surface area contributed by atoms with Crippen molar-refractivity contribution >= 4 is 35.2 Å². The van der Waals surface area contributed by atoms with E-state index in [1.54, 1.807) is 6.92 Å². The highest BCUT2D eigenvalue weighted by Crippen LogP contribution is 2.38. The van der Waals surface area contributed by atoms with Crippen LogP contribution in [0, 0.1) is 17.0 Å². The Morgan fingerprint density at radius 1 is 1.09 bits per heavy atom. The van der Waals surface area contributed by atoms with Gasteiger partial charge in [-0.15, -0.1) is 0 Å². The third-order valence-corrected chi connectivity index (χ3v) is 4.41. The maximum atomic E-state index is 12.4. The van der Waals surface area contributed by atoms with Gasteiger partial charge in [-0.1, -0.05) is 0 Å². The number of furan rings is 1. The van der Waals surface area contributed by atoms with Crippen LogP contribution in [-0.2, 0) is 14.3 Å². The lowest BCUT2D eigenvalue weighted by Crippen LogP contribution is -2.22. The molecule has 13 heteroatoms. The minimum Gasteiger partial charge on any atom is -0.462 e. The van der Waals surface area contributed by atoms with Crippen molar-refractivity contribution in [1.82, 2.24) is 0 Å². The normalized spacial score (nSPS) is 11.6. The molecule has 0 saturated carbocycles. The van der Waals surface area contributed by atoms with Crippen LogP contribution in [0.15, 0.2) is 16.5 Å². The summed E-state index contributed by atoms with van der Waals surface area (Å²) in [4.78, 5) is 59.4. The number of hydrogen-bond acceptors (Lipinski definition) is 11. The lowest BCUT2D eigenvalue weighted by Gasteiger charge is -2.08. The van der Waals surface area contributed by atoms with Gasteiger partial charge >= 0.3 is 11.9 Å². The number of esters is 2. The van der Waals surface area contributed by atoms with Crippen molar-refractivity contribution in [3.63, 3.8) is 0 Å². The number of carbonyl (C=O) groups excluding carboxylic acids is 4. The molecule has 0 saturated heterocycles. The highest BCUT2D eigenvalue weighted by atomic mass is 16.7. The van der Waals surface area contributed by atoms with Gasteiger partial charge in [0.1, 0.15) is 16.9 Å². The number of nitro groups is 1. The molecular weight excluding hydrogens is 444 g/mol. The standard InChI is InChI=1S/C20H18N2O11/c1-4-29-20(26)17-16(9(2)23)10(3)33-18(17)21-15(24)7-30-19(25)11-5-13-14(32-8-31-13)6-12(11)22(27)28/h5-6H,4,7-8H2,1-3H3,(H,21,24). The molecule has 3 rings (SSSR count). The maximum Gasteiger partial charge on any atom is 0.345 e. The first-order chi connectivity index (χ1) is 15.6. The van der Waals surface area contributed by atoms with Crippen LogP contribution in [0.2, 0.25) is 0 Å². The minimum atomic E-state index is -1.17. The molecule has 0 spiro atoms. The van der Waals surface area contributed by atoms with E-state index in [1.807, 2.05) is 0 Å². The van der Waals surface area contributed by atoms with Crippen LogP contribution in [-0.4, -0.2) is 48.6 Å². The Hall–Kier alpha value is -4.42. The molecule has 33 heavy (non-hydrogen) atoms. The number of nitrogens with one attached hydrogen (secondary N) is 1. The summed E-state index contributed by atoms with van der Waals surface area (Å²) in [5.41, 5.74) is -1.37. The van der Waals surface area contributed by atoms with Crippen molar-refractivity contribution in [3.05, 3.63) is 44.7 Å². The highest BCUT2D eigenvalue weighted by molar-refractivity contribution is 6.11. The molecule has 1 amide bonds. The van der Waals surface area contributed by atoms with E-state index in [0.29, 0.717) is 0 Å². The van der Waals surface area contributed by atoms with Crippen molar-refractivity contribution in [3.8, 4) is 11.5 Å². The number of hydrogen-bond donors (Lipinski definition) is 1. The molecule has 1 N–H and O–H groups in total. The number of aryl methyl sites for hydroxylation is 1. The van der Waals surface area contributed by atoms with E-state index in [-0.39, 0.29) is 47.7 Å². The Labute approximate surface area is 185 Å². The summed E-state index contributed by atoms with van der Waals surface area (Å²) in [5.74, 6) is -3.54. The topological polar surface area (TPSA) is 174 Å². The number of fused-ring (bicyclic) bond motifs is 1. The first-order valence-electron chi connectivity index (χ1n) is 9.50. The fourth-order valence-corrected chi connectivity index (χ4v) is 3.07. The van der Waals surface area contributed by atoms with Gasteiger partial charge in [-0.05, 0) is 20.8 Å². The van der Waals surface area contributed by atoms with Gasteiger partial charge in [0.15, 0.2) is 23.9 Å². The average molecular weight is 462 g/mol. The second-order valence-corrected chi connectivity index (χ2v) is 6.62. The Bertz CT molecular complexity index is 1170. The van der Waals surface area contributed by atoms with Crippen molar-refractivity contribution in [2.24, 2.45) is 0 Å². The Morgan fingerprint density at radius 3 is 2.36 bits per heavy atom. The van der Waals surface area contributed by atoms with Crippen molar-refractivity contribution < 1.29 is 47.5 Å². The second kappa shape index (κ2) is 9.38. The van der Waals surface area contributed by atoms with Gasteiger partial charge in [-0.2, -0.15) is 0 Å². The second-order valence-electron chi connectivity index (χ2n) is 6.62. The summed E-state index contributed by atoms with van der Waals surface area (Å²) in [6.45, 7) is 3.17. The molecular formula is C20H18N2O11. The maximum absolute atomic E-state index is 12.4. The van der Waals surface area contributed by atoms with Gasteiger partial charge in [0, 0.05) is 6.07 Å². The molecule has 1 aromatic carbocycles. The first-order valence-corrected chi connectivity index (χ1v) is 9.50. The Balaban J connectivity index is 1.76. The van der Waals surface area contributed by atoms with E-state index in [2.05, 4.69) is 5.32 Å². The average Bonchev–Trinajstić information content (AvgIpc) is 3.34. The number of anilines is 1. The molecule has 0 aliphatic carbocycles. The van der Waals surface area contributed by atoms with Crippen LogP contribution in [0.3, 0.4) is 0 Å². The summed E-state index contributed by atoms with van der Waals surface area (Å²) in [6.07, 6.45) is 0. The Kier molecular flexibility index (Phi) is 6.61. The number of benzene rings is 1. The van der Waals surface area contributed by atoms with Crippen LogP contribution in [0.4, 0.5) is 11.6 Å². The minimum absolute atomic E-state index is 0.0136. The fraction of sp³-hybridized carbons (Fsp3) is 0.300. The van der Waals surface area contributed by atoms with Gasteiger partial charge in [-0.25, -0.2) is 9.59 Å². The van der Waals surface area contributed by atoms with Crippen molar-refractivity contribution in [1.29, 1.82) is 0 Å². The number of rotatable bonds is 8. The van der Waals surface area contributed by atoms with Gasteiger partial charge in [-0.3, -0.25) is 25.0 Å². The van der Waals surface area contributed by atoms with E-state index < -0.39 is 46.4 Å². The van der Waals surface area contributed by atoms with E-state index in [0.717, 1.165) is 12.1 Å². The number of amides is 1. The van der Waals surface area contributed by atoms with E-state index in [4.69, 9.17) is 23.4 Å². The highest BCUT2D eigenvalue weighted by Gasteiger charge is 2.30. The van der Waals surface area contributed by atoms with E-state index in [9.17, 15) is 29.3 Å². The van der Waals surface area contributed by atoms with Crippen LogP contribution in [0.1, 0.15) is 50.7 Å². The molecule has 2 heterocycles. The van der Waals surface area contributed by atoms with E-state index >= 15 is 0 Å². The predicted octanol–water partition coefficient (Wildman–Crippen LogP) is 2.40. The lowest BCUT2D eigenvalue weighted by molar-refractivity contribution is -0.385. The summed E-state index contributed by atoms with van der Waals surface area (Å²) >= 11 is 0. The van der Waals surface area contributed by atoms with Crippen LogP contribution < -0.4 is 14.8 Å². The zero-order chi connectivity index (χ0) is 24.3. The molecule has 174 valence electrons. The molecule has 0 bridgehead atoms. The number of carbonyl (C=O) groups is 4. The summed E-state index contributed by atoms with van der Waals surface area (Å²) in [6, 6.07) is 2.09. The first kappa shape index (κ1) is 23.2. The van der Waals surface area contributed by atoms with Crippen LogP contribution >= 0.6 is 0 Å². The smallest absolute Gasteiger partial charge is 0.345 e. The molecule has 0 unspecified atom stereocenters. The van der Waals surface area contributed by atoms with Crippen LogP contribution in [0.25, 0.3) is 0 Å². The molecule has 13 nitrogen and oxygen atoms in total. The number of ketones is 1. The number of nitrogens with zero attached hydrogens (tertiary/aromatic N) is 1. The SMILES string of the molecule is CCOC(=O)c1c(NC(=O)COC(=O)c2cc3c(cc2[N+](=O)[O-])OCO3)oc(C)c1C(C)=O. The number of ether oxygens (including phenoxy) is 4. The van der Waals surface area contributed by atoms with Gasteiger partial charge in [0.25, 0.3) is 11.6 Å². The zero-order valence-electron chi connectivity index (χ0n) is 17.7. The predicted molar refractivity (Wildman–Crippen MR) is 108 cm³/mol. The van der Waals surface area contributed by atoms with Crippen LogP contribution in [0.5, 0.6) is 11.5 Å². The molecule has 0 radical (unpaired) electrons. The van der Waals surface area contributed by atoms with Gasteiger partial charge in [0.05, 0.1) is 23.2 Å². The van der Waals surface area contributed by atoms with Crippen molar-refractivity contribution in [2.45, 2.75) is 20.8 Å². The quantitative estimate of drug-likeness (QED) is 0.264. The van der Waals surface area contributed by atoms with Crippen molar-refractivity contribution in [2.75, 3.05) is 25.3 Å². The summed E-state index contributed by atoms with van der Waals surface area (Å²) in [5, 5.41) is 13.5. The Morgan fingerprint density at radius 2 is 1.76 bits per heavy atom. The molecule has 1 aliphatic heterocycles. The largest absolute Gasteiger partial charge is 0.462 e. The lowest BCUT2D eigenvalue weighted by atomic mass is 10.1. The van der Waals surface area contributed by atoms with Gasteiger partial charge < -0.3 is 23.4 Å². The molecule has 0 atom stereocenters. The van der Waals surface area contributed by atoms with E-state index in [1.165, 1.54) is 13.8 Å². The van der Waals surface area contributed by atoms with Gasteiger partial charge in [0.2, 0.25) is 12.7 Å². The monoisotopic (exact) mass is 462 g/mol. The molecule has 1 aliphatic rings. The molecule has 2 aromatic rings. The fourth-order valence-electron chi connectivity index (χ4n) is 3.07. The number of nitro benzene ring substituents is 1.